The number of hydrogen-bond acceptors (Lipinski definition) is 2. The summed E-state index contributed by atoms with van der Waals surface area (Å²) in [5, 5.41) is 0.934. The van der Waals surface area contributed by atoms with Crippen molar-refractivity contribution in [2.45, 2.75) is 13.0 Å². The third-order valence-electron chi connectivity index (χ3n) is 2.84. The van der Waals surface area contributed by atoms with Crippen molar-refractivity contribution in [3.63, 3.8) is 0 Å². The minimum Gasteiger partial charge on any atom is -0.271 e. The maximum atomic E-state index is 14.0. The van der Waals surface area contributed by atoms with Crippen LogP contribution in [0.25, 0.3) is 0 Å². The molecule has 0 aliphatic carbocycles. The summed E-state index contributed by atoms with van der Waals surface area (Å²) in [4.78, 5) is 0. The smallest absolute Gasteiger partial charge is 0.129 e. The maximum Gasteiger partial charge on any atom is 0.129 e. The Kier molecular flexibility index (Phi) is 4.42. The van der Waals surface area contributed by atoms with Crippen LogP contribution in [0.4, 0.5) is 4.39 Å². The van der Waals surface area contributed by atoms with Crippen LogP contribution in [0.15, 0.2) is 36.4 Å². The molecule has 0 aromatic heterocycles. The van der Waals surface area contributed by atoms with Gasteiger partial charge in [0.05, 0.1) is 6.04 Å². The van der Waals surface area contributed by atoms with Gasteiger partial charge in [-0.05, 0) is 42.3 Å². The third-order valence-corrected chi connectivity index (χ3v) is 3.29. The van der Waals surface area contributed by atoms with Crippen molar-refractivity contribution in [1.82, 2.24) is 5.43 Å². The number of nitrogens with one attached hydrogen (secondary N) is 1. The Bertz CT molecular complexity index is 582. The highest BCUT2D eigenvalue weighted by molar-refractivity contribution is 6.31. The van der Waals surface area contributed by atoms with Crippen molar-refractivity contribution in [1.29, 1.82) is 0 Å². The summed E-state index contributed by atoms with van der Waals surface area (Å²) in [6, 6.07) is 9.52. The molecule has 2 nitrogen and oxygen atoms in total. The third kappa shape index (κ3) is 3.25. The average Bonchev–Trinajstić information content (AvgIpc) is 2.31. The van der Waals surface area contributed by atoms with E-state index in [1.807, 2.05) is 19.1 Å². The number of hydrazine groups is 1. The van der Waals surface area contributed by atoms with E-state index in [1.165, 1.54) is 6.07 Å². The summed E-state index contributed by atoms with van der Waals surface area (Å²) in [6.07, 6.45) is 0. The molecule has 100 valence electrons. The van der Waals surface area contributed by atoms with Crippen LogP contribution in [0.3, 0.4) is 0 Å². The van der Waals surface area contributed by atoms with E-state index in [-0.39, 0.29) is 0 Å². The number of halogens is 3. The van der Waals surface area contributed by atoms with Crippen molar-refractivity contribution in [3.05, 3.63) is 69.0 Å². The molecule has 0 fully saturated rings. The second kappa shape index (κ2) is 5.88. The molecule has 1 atom stereocenters. The van der Waals surface area contributed by atoms with Crippen LogP contribution in [0.5, 0.6) is 0 Å². The molecule has 0 heterocycles. The summed E-state index contributed by atoms with van der Waals surface area (Å²) in [7, 11) is 0. The van der Waals surface area contributed by atoms with Gasteiger partial charge in [0.15, 0.2) is 0 Å². The zero-order valence-electron chi connectivity index (χ0n) is 10.3. The van der Waals surface area contributed by atoms with Gasteiger partial charge in [0.1, 0.15) is 5.82 Å². The van der Waals surface area contributed by atoms with Gasteiger partial charge >= 0.3 is 0 Å². The highest BCUT2D eigenvalue weighted by Crippen LogP contribution is 2.28. The molecule has 2 rings (SSSR count). The van der Waals surface area contributed by atoms with Crippen molar-refractivity contribution in [2.75, 3.05) is 0 Å². The van der Waals surface area contributed by atoms with Gasteiger partial charge in [-0.15, -0.1) is 0 Å². The van der Waals surface area contributed by atoms with E-state index in [2.05, 4.69) is 5.43 Å². The van der Waals surface area contributed by atoms with E-state index in [0.29, 0.717) is 15.6 Å². The molecule has 0 spiro atoms. The molecule has 5 heteroatoms. The lowest BCUT2D eigenvalue weighted by molar-refractivity contribution is 0.560. The predicted octanol–water partition coefficient (Wildman–Crippen LogP) is 3.99. The molecule has 0 bridgehead atoms. The van der Waals surface area contributed by atoms with Gasteiger partial charge in [-0.25, -0.2) is 9.82 Å². The highest BCUT2D eigenvalue weighted by atomic mass is 35.5. The highest BCUT2D eigenvalue weighted by Gasteiger charge is 2.17. The van der Waals surface area contributed by atoms with Crippen LogP contribution in [-0.4, -0.2) is 0 Å². The zero-order valence-corrected chi connectivity index (χ0v) is 11.8. The van der Waals surface area contributed by atoms with Gasteiger partial charge in [-0.2, -0.15) is 0 Å². The molecule has 1 unspecified atom stereocenters. The Labute approximate surface area is 121 Å². The Morgan fingerprint density at radius 1 is 1.11 bits per heavy atom. The van der Waals surface area contributed by atoms with Gasteiger partial charge < -0.3 is 0 Å². The summed E-state index contributed by atoms with van der Waals surface area (Å²) < 4.78 is 14.0. The van der Waals surface area contributed by atoms with Gasteiger partial charge in [-0.1, -0.05) is 35.3 Å². The topological polar surface area (TPSA) is 38.0 Å². The predicted molar refractivity (Wildman–Crippen MR) is 76.8 cm³/mol. The number of aryl methyl sites for hydroxylation is 1. The van der Waals surface area contributed by atoms with Crippen LogP contribution in [0.2, 0.25) is 10.0 Å². The Balaban J connectivity index is 2.49. The van der Waals surface area contributed by atoms with Crippen molar-refractivity contribution >= 4 is 23.2 Å². The largest absolute Gasteiger partial charge is 0.271 e. The molecule has 2 aromatic rings. The summed E-state index contributed by atoms with van der Waals surface area (Å²) in [6.45, 7) is 1.92. The second-order valence-corrected chi connectivity index (χ2v) is 5.20. The molecule has 19 heavy (non-hydrogen) atoms. The van der Waals surface area contributed by atoms with Crippen LogP contribution in [0, 0.1) is 12.7 Å². The standard InChI is InChI=1S/C14H13Cl2FN2/c1-8-4-9(6-11(16)5-8)14(19-18)12-3-2-10(15)7-13(12)17/h2-7,14,19H,18H2,1H3. The van der Waals surface area contributed by atoms with Crippen LogP contribution in [0.1, 0.15) is 22.7 Å². The van der Waals surface area contributed by atoms with Crippen LogP contribution in [-0.2, 0) is 0 Å². The van der Waals surface area contributed by atoms with Gasteiger partial charge in [0.25, 0.3) is 0 Å². The summed E-state index contributed by atoms with van der Waals surface area (Å²) in [5.74, 6) is 5.14. The molecule has 0 amide bonds. The second-order valence-electron chi connectivity index (χ2n) is 4.33. The fourth-order valence-electron chi connectivity index (χ4n) is 2.03. The van der Waals surface area contributed by atoms with Crippen molar-refractivity contribution < 1.29 is 4.39 Å². The molecular weight excluding hydrogens is 286 g/mol. The fourth-order valence-corrected chi connectivity index (χ4v) is 2.49. The quantitative estimate of drug-likeness (QED) is 0.664. The molecule has 0 radical (unpaired) electrons. The summed E-state index contributed by atoms with van der Waals surface area (Å²) >= 11 is 11.8. The van der Waals surface area contributed by atoms with Crippen LogP contribution < -0.4 is 11.3 Å². The first kappa shape index (κ1) is 14.3. The molecule has 0 saturated heterocycles. The molecule has 0 aliphatic heterocycles. The lowest BCUT2D eigenvalue weighted by atomic mass is 9.97. The maximum absolute atomic E-state index is 14.0. The molecule has 0 aliphatic rings. The van der Waals surface area contributed by atoms with Crippen molar-refractivity contribution in [2.24, 2.45) is 5.84 Å². The molecule has 2 aromatic carbocycles. The Hall–Kier alpha value is -1.13. The lowest BCUT2D eigenvalue weighted by Crippen LogP contribution is -2.29. The van der Waals surface area contributed by atoms with Gasteiger partial charge in [0, 0.05) is 15.6 Å². The van der Waals surface area contributed by atoms with E-state index < -0.39 is 11.9 Å². The molecular formula is C14H13Cl2FN2. The molecule has 3 N–H and O–H groups in total. The lowest BCUT2D eigenvalue weighted by Gasteiger charge is -2.18. The average molecular weight is 299 g/mol. The van der Waals surface area contributed by atoms with E-state index in [1.54, 1.807) is 18.2 Å². The first-order chi connectivity index (χ1) is 9.01. The minimum atomic E-state index is -0.477. The van der Waals surface area contributed by atoms with E-state index in [9.17, 15) is 4.39 Å². The normalized spacial score (nSPS) is 12.5. The van der Waals surface area contributed by atoms with E-state index >= 15 is 0 Å². The van der Waals surface area contributed by atoms with Crippen LogP contribution >= 0.6 is 23.2 Å². The first-order valence-electron chi connectivity index (χ1n) is 5.69. The van der Waals surface area contributed by atoms with Gasteiger partial charge in [0.2, 0.25) is 0 Å². The zero-order chi connectivity index (χ0) is 14.0. The van der Waals surface area contributed by atoms with E-state index in [0.717, 1.165) is 11.1 Å². The number of hydrogen-bond donors (Lipinski definition) is 2. The number of rotatable bonds is 3. The SMILES string of the molecule is Cc1cc(Cl)cc(C(NN)c2ccc(Cl)cc2F)c1. The van der Waals surface area contributed by atoms with Crippen molar-refractivity contribution in [3.8, 4) is 0 Å². The minimum absolute atomic E-state index is 0.347. The molecule has 0 saturated carbocycles. The monoisotopic (exact) mass is 298 g/mol. The number of benzene rings is 2. The number of nitrogens with two attached hydrogens (primary N) is 1. The Morgan fingerprint density at radius 3 is 2.42 bits per heavy atom. The van der Waals surface area contributed by atoms with Gasteiger partial charge in [-0.3, -0.25) is 5.84 Å². The summed E-state index contributed by atoms with van der Waals surface area (Å²) in [5.41, 5.74) is 4.82. The first-order valence-corrected chi connectivity index (χ1v) is 6.45. The Morgan fingerprint density at radius 2 is 1.84 bits per heavy atom. The van der Waals surface area contributed by atoms with E-state index in [4.69, 9.17) is 29.0 Å². The fraction of sp³-hybridized carbons (Fsp3) is 0.143.